The Morgan fingerprint density at radius 2 is 2.00 bits per heavy atom. The lowest BCUT2D eigenvalue weighted by molar-refractivity contribution is 0.627. The number of halogens is 3. The van der Waals surface area contributed by atoms with E-state index < -0.39 is 0 Å². The Hall–Kier alpha value is -1.06. The van der Waals surface area contributed by atoms with Crippen LogP contribution in [0.25, 0.3) is 0 Å². The predicted molar refractivity (Wildman–Crippen MR) is 82.3 cm³/mol. The molecule has 0 heterocycles. The molecule has 1 N–H and O–H groups in total. The maximum atomic E-state index is 13.2. The minimum Gasteiger partial charge on any atom is -0.376 e. The molecule has 2 rings (SSSR count). The minimum absolute atomic E-state index is 0.0826. The normalized spacial score (nSPS) is 12.3. The number of hydrogen-bond donors (Lipinski definition) is 1. The van der Waals surface area contributed by atoms with Gasteiger partial charge in [-0.2, -0.15) is 0 Å². The van der Waals surface area contributed by atoms with Crippen molar-refractivity contribution in [1.82, 2.24) is 0 Å². The average Bonchev–Trinajstić information content (AvgIpc) is 2.33. The highest BCUT2D eigenvalue weighted by atomic mass is 79.9. The van der Waals surface area contributed by atoms with Crippen molar-refractivity contribution in [2.24, 2.45) is 0 Å². The van der Waals surface area contributed by atoms with Crippen molar-refractivity contribution in [3.8, 4) is 0 Å². The molecule has 1 nitrogen and oxygen atoms in total. The van der Waals surface area contributed by atoms with Crippen LogP contribution in [0.15, 0.2) is 40.9 Å². The molecular weight excluding hydrogens is 329 g/mol. The lowest BCUT2D eigenvalue weighted by atomic mass is 10.1. The standard InChI is InChI=1S/C15H14BrClFN/c1-9-4-3-5-11(6-9)10(2)19-15-13(16)7-12(18)8-14(15)17/h3-8,10,19H,1-2H3. The van der Waals surface area contributed by atoms with E-state index in [0.717, 1.165) is 5.56 Å². The number of rotatable bonds is 3. The number of anilines is 1. The molecule has 0 aromatic heterocycles. The number of benzene rings is 2. The van der Waals surface area contributed by atoms with Crippen molar-refractivity contribution in [2.45, 2.75) is 19.9 Å². The molecule has 4 heteroatoms. The molecule has 100 valence electrons. The molecular formula is C15H14BrClFN. The van der Waals surface area contributed by atoms with E-state index in [2.05, 4.69) is 46.4 Å². The van der Waals surface area contributed by atoms with Gasteiger partial charge in [0.1, 0.15) is 5.82 Å². The van der Waals surface area contributed by atoms with Gasteiger partial charge in [-0.05, 0) is 47.5 Å². The van der Waals surface area contributed by atoms with Gasteiger partial charge in [-0.3, -0.25) is 0 Å². The van der Waals surface area contributed by atoms with Crippen molar-refractivity contribution < 1.29 is 4.39 Å². The first kappa shape index (κ1) is 14.4. The molecule has 0 radical (unpaired) electrons. The zero-order valence-corrected chi connectivity index (χ0v) is 13.0. The van der Waals surface area contributed by atoms with E-state index in [0.29, 0.717) is 15.2 Å². The highest BCUT2D eigenvalue weighted by Crippen LogP contribution is 2.34. The van der Waals surface area contributed by atoms with Gasteiger partial charge in [-0.1, -0.05) is 41.4 Å². The zero-order valence-electron chi connectivity index (χ0n) is 10.7. The highest BCUT2D eigenvalue weighted by molar-refractivity contribution is 9.10. The SMILES string of the molecule is Cc1cccc(C(C)Nc2c(Cl)cc(F)cc2Br)c1. The quantitative estimate of drug-likeness (QED) is 0.752. The fourth-order valence-corrected chi connectivity index (χ4v) is 2.84. The molecule has 1 unspecified atom stereocenters. The molecule has 1 atom stereocenters. The first-order valence-corrected chi connectivity index (χ1v) is 7.12. The summed E-state index contributed by atoms with van der Waals surface area (Å²) in [6.07, 6.45) is 0. The molecule has 2 aromatic carbocycles. The van der Waals surface area contributed by atoms with Crippen LogP contribution >= 0.6 is 27.5 Å². The van der Waals surface area contributed by atoms with Crippen LogP contribution < -0.4 is 5.32 Å². The smallest absolute Gasteiger partial charge is 0.125 e. The van der Waals surface area contributed by atoms with E-state index >= 15 is 0 Å². The summed E-state index contributed by atoms with van der Waals surface area (Å²) >= 11 is 9.39. The van der Waals surface area contributed by atoms with Gasteiger partial charge in [-0.15, -0.1) is 0 Å². The lowest BCUT2D eigenvalue weighted by Crippen LogP contribution is -2.08. The Labute approximate surface area is 125 Å². The Morgan fingerprint density at radius 3 is 2.63 bits per heavy atom. The molecule has 0 saturated heterocycles. The fourth-order valence-electron chi connectivity index (χ4n) is 1.92. The van der Waals surface area contributed by atoms with Gasteiger partial charge >= 0.3 is 0 Å². The van der Waals surface area contributed by atoms with Crippen molar-refractivity contribution in [1.29, 1.82) is 0 Å². The van der Waals surface area contributed by atoms with Crippen molar-refractivity contribution in [3.05, 3.63) is 62.8 Å². The molecule has 0 aliphatic heterocycles. The van der Waals surface area contributed by atoms with Crippen LogP contribution in [0.4, 0.5) is 10.1 Å². The summed E-state index contributed by atoms with van der Waals surface area (Å²) < 4.78 is 13.8. The van der Waals surface area contributed by atoms with Crippen LogP contribution in [-0.4, -0.2) is 0 Å². The lowest BCUT2D eigenvalue weighted by Gasteiger charge is -2.18. The van der Waals surface area contributed by atoms with Crippen molar-refractivity contribution >= 4 is 33.2 Å². The summed E-state index contributed by atoms with van der Waals surface area (Å²) in [5.41, 5.74) is 3.07. The second kappa shape index (κ2) is 5.93. The number of aryl methyl sites for hydroxylation is 1. The van der Waals surface area contributed by atoms with Crippen molar-refractivity contribution in [3.63, 3.8) is 0 Å². The molecule has 0 spiro atoms. The van der Waals surface area contributed by atoms with Crippen LogP contribution in [0.3, 0.4) is 0 Å². The second-order valence-electron chi connectivity index (χ2n) is 4.52. The Morgan fingerprint density at radius 1 is 1.26 bits per heavy atom. The molecule has 0 amide bonds. The van der Waals surface area contributed by atoms with Gasteiger partial charge in [-0.25, -0.2) is 4.39 Å². The van der Waals surface area contributed by atoms with E-state index in [1.165, 1.54) is 17.7 Å². The van der Waals surface area contributed by atoms with Gasteiger partial charge in [0.05, 0.1) is 10.7 Å². The first-order valence-electron chi connectivity index (χ1n) is 5.95. The Balaban J connectivity index is 2.26. The zero-order chi connectivity index (χ0) is 14.0. The van der Waals surface area contributed by atoms with Gasteiger partial charge in [0.2, 0.25) is 0 Å². The number of hydrogen-bond acceptors (Lipinski definition) is 1. The van der Waals surface area contributed by atoms with Gasteiger partial charge in [0.25, 0.3) is 0 Å². The molecule has 0 bridgehead atoms. The maximum Gasteiger partial charge on any atom is 0.125 e. The van der Waals surface area contributed by atoms with Gasteiger partial charge in [0.15, 0.2) is 0 Å². The van der Waals surface area contributed by atoms with Gasteiger partial charge in [0, 0.05) is 10.5 Å². The van der Waals surface area contributed by atoms with Crippen molar-refractivity contribution in [2.75, 3.05) is 5.32 Å². The summed E-state index contributed by atoms with van der Waals surface area (Å²) in [6.45, 7) is 4.10. The number of nitrogens with one attached hydrogen (secondary N) is 1. The van der Waals surface area contributed by atoms with Crippen LogP contribution in [0.5, 0.6) is 0 Å². The fraction of sp³-hybridized carbons (Fsp3) is 0.200. The summed E-state index contributed by atoms with van der Waals surface area (Å²) in [6, 6.07) is 11.0. The third-order valence-electron chi connectivity index (χ3n) is 2.91. The first-order chi connectivity index (χ1) is 8.97. The monoisotopic (exact) mass is 341 g/mol. The third kappa shape index (κ3) is 3.48. The molecule has 0 aliphatic rings. The van der Waals surface area contributed by atoms with E-state index in [1.807, 2.05) is 13.0 Å². The van der Waals surface area contributed by atoms with E-state index in [-0.39, 0.29) is 11.9 Å². The van der Waals surface area contributed by atoms with Crippen LogP contribution in [0.2, 0.25) is 5.02 Å². The largest absolute Gasteiger partial charge is 0.376 e. The third-order valence-corrected chi connectivity index (χ3v) is 3.83. The summed E-state index contributed by atoms with van der Waals surface area (Å²) in [5.74, 6) is -0.356. The van der Waals surface area contributed by atoms with Crippen LogP contribution in [-0.2, 0) is 0 Å². The van der Waals surface area contributed by atoms with E-state index in [1.54, 1.807) is 0 Å². The molecule has 19 heavy (non-hydrogen) atoms. The Kier molecular flexibility index (Phi) is 4.48. The Bertz CT molecular complexity index is 577. The van der Waals surface area contributed by atoms with E-state index in [9.17, 15) is 4.39 Å². The van der Waals surface area contributed by atoms with Gasteiger partial charge < -0.3 is 5.32 Å². The highest BCUT2D eigenvalue weighted by Gasteiger charge is 2.12. The molecule has 0 saturated carbocycles. The minimum atomic E-state index is -0.356. The van der Waals surface area contributed by atoms with E-state index in [4.69, 9.17) is 11.6 Å². The summed E-state index contributed by atoms with van der Waals surface area (Å²) in [7, 11) is 0. The van der Waals surface area contributed by atoms with Crippen LogP contribution in [0, 0.1) is 12.7 Å². The summed E-state index contributed by atoms with van der Waals surface area (Å²) in [4.78, 5) is 0. The molecule has 0 aliphatic carbocycles. The summed E-state index contributed by atoms with van der Waals surface area (Å²) in [5, 5.41) is 3.67. The average molecular weight is 343 g/mol. The predicted octanol–water partition coefficient (Wildman–Crippen LogP) is 5.72. The second-order valence-corrected chi connectivity index (χ2v) is 5.79. The topological polar surface area (TPSA) is 12.0 Å². The molecule has 0 fully saturated rings. The molecule has 2 aromatic rings. The van der Waals surface area contributed by atoms with Crippen LogP contribution in [0.1, 0.15) is 24.1 Å². The maximum absolute atomic E-state index is 13.2.